The number of likely N-dealkylation sites (tertiary alicyclic amines) is 1. The molecule has 1 aliphatic rings. The van der Waals surface area contributed by atoms with Crippen molar-refractivity contribution in [2.75, 3.05) is 20.1 Å². The highest BCUT2D eigenvalue weighted by Crippen LogP contribution is 2.21. The van der Waals surface area contributed by atoms with Gasteiger partial charge in [-0.3, -0.25) is 9.59 Å². The number of carboxylic acids is 1. The van der Waals surface area contributed by atoms with Gasteiger partial charge in [0.15, 0.2) is 0 Å². The molecule has 114 valence electrons. The second kappa shape index (κ2) is 6.11. The predicted molar refractivity (Wildman–Crippen MR) is 73.3 cm³/mol. The lowest BCUT2D eigenvalue weighted by molar-refractivity contribution is -0.137. The van der Waals surface area contributed by atoms with Crippen molar-refractivity contribution in [1.29, 1.82) is 0 Å². The maximum atomic E-state index is 11.9. The van der Waals surface area contributed by atoms with Crippen LogP contribution in [0.2, 0.25) is 0 Å². The standard InChI is InChI=1S/C13H23N3O4/c1-13(2,3)16-8-9(7-10(16)17)14-12(20)15(4)6-5-11(18)19/h9H,5-8H2,1-4H3,(H,14,20)(H,18,19). The Kier molecular flexibility index (Phi) is 4.97. The normalized spacial score (nSPS) is 19.1. The summed E-state index contributed by atoms with van der Waals surface area (Å²) in [6.45, 7) is 6.49. The Morgan fingerprint density at radius 1 is 1.45 bits per heavy atom. The van der Waals surface area contributed by atoms with Crippen LogP contribution in [0, 0.1) is 0 Å². The number of aliphatic carboxylic acids is 1. The van der Waals surface area contributed by atoms with Gasteiger partial charge in [0.25, 0.3) is 0 Å². The van der Waals surface area contributed by atoms with E-state index in [2.05, 4.69) is 5.32 Å². The molecule has 0 saturated carbocycles. The van der Waals surface area contributed by atoms with Crippen molar-refractivity contribution in [2.24, 2.45) is 0 Å². The molecule has 20 heavy (non-hydrogen) atoms. The zero-order chi connectivity index (χ0) is 15.5. The van der Waals surface area contributed by atoms with Crippen molar-refractivity contribution >= 4 is 17.9 Å². The minimum absolute atomic E-state index is 0.0241. The summed E-state index contributed by atoms with van der Waals surface area (Å²) >= 11 is 0. The summed E-state index contributed by atoms with van der Waals surface area (Å²) in [5, 5.41) is 11.3. The van der Waals surface area contributed by atoms with Crippen LogP contribution in [0.4, 0.5) is 4.79 Å². The first-order valence-electron chi connectivity index (χ1n) is 6.65. The number of hydrogen-bond acceptors (Lipinski definition) is 3. The van der Waals surface area contributed by atoms with E-state index in [-0.39, 0.29) is 42.9 Å². The number of amides is 3. The van der Waals surface area contributed by atoms with Gasteiger partial charge in [0.1, 0.15) is 0 Å². The van der Waals surface area contributed by atoms with E-state index in [1.807, 2.05) is 20.8 Å². The van der Waals surface area contributed by atoms with Crippen LogP contribution in [0.3, 0.4) is 0 Å². The molecular weight excluding hydrogens is 262 g/mol. The highest BCUT2D eigenvalue weighted by Gasteiger charge is 2.37. The third kappa shape index (κ3) is 4.40. The molecule has 0 radical (unpaired) electrons. The first-order chi connectivity index (χ1) is 9.11. The van der Waals surface area contributed by atoms with Crippen LogP contribution in [0.15, 0.2) is 0 Å². The maximum Gasteiger partial charge on any atom is 0.317 e. The Hall–Kier alpha value is -1.79. The van der Waals surface area contributed by atoms with Crippen LogP contribution in [0.25, 0.3) is 0 Å². The monoisotopic (exact) mass is 285 g/mol. The number of urea groups is 1. The molecule has 1 fully saturated rings. The molecule has 1 heterocycles. The molecule has 0 aromatic heterocycles. The minimum Gasteiger partial charge on any atom is -0.481 e. The van der Waals surface area contributed by atoms with Crippen LogP contribution in [-0.2, 0) is 9.59 Å². The molecule has 1 atom stereocenters. The van der Waals surface area contributed by atoms with Crippen LogP contribution in [0.5, 0.6) is 0 Å². The summed E-state index contributed by atoms with van der Waals surface area (Å²) in [7, 11) is 1.54. The van der Waals surface area contributed by atoms with E-state index in [4.69, 9.17) is 5.11 Å². The number of nitrogens with zero attached hydrogens (tertiary/aromatic N) is 2. The molecule has 7 heteroatoms. The Morgan fingerprint density at radius 3 is 2.50 bits per heavy atom. The number of nitrogens with one attached hydrogen (secondary N) is 1. The Bertz CT molecular complexity index is 403. The molecule has 3 amide bonds. The van der Waals surface area contributed by atoms with E-state index >= 15 is 0 Å². The third-order valence-corrected chi connectivity index (χ3v) is 3.27. The van der Waals surface area contributed by atoms with Crippen molar-refractivity contribution < 1.29 is 19.5 Å². The van der Waals surface area contributed by atoms with Gasteiger partial charge in [-0.05, 0) is 20.8 Å². The third-order valence-electron chi connectivity index (χ3n) is 3.27. The first kappa shape index (κ1) is 16.3. The van der Waals surface area contributed by atoms with Crippen LogP contribution < -0.4 is 5.32 Å². The summed E-state index contributed by atoms with van der Waals surface area (Å²) in [6, 6.07) is -0.568. The van der Waals surface area contributed by atoms with Gasteiger partial charge in [-0.25, -0.2) is 4.79 Å². The van der Waals surface area contributed by atoms with E-state index in [0.29, 0.717) is 6.54 Å². The predicted octanol–water partition coefficient (Wildman–Crippen LogP) is 0.502. The van der Waals surface area contributed by atoms with E-state index in [1.165, 1.54) is 11.9 Å². The van der Waals surface area contributed by atoms with Gasteiger partial charge in [-0.15, -0.1) is 0 Å². The highest BCUT2D eigenvalue weighted by molar-refractivity contribution is 5.82. The lowest BCUT2D eigenvalue weighted by atomic mass is 10.1. The molecule has 2 N–H and O–H groups in total. The van der Waals surface area contributed by atoms with Crippen molar-refractivity contribution in [3.05, 3.63) is 0 Å². The average molecular weight is 285 g/mol. The number of carbonyl (C=O) groups excluding carboxylic acids is 2. The van der Waals surface area contributed by atoms with E-state index in [9.17, 15) is 14.4 Å². The smallest absolute Gasteiger partial charge is 0.317 e. The second-order valence-electron chi connectivity index (χ2n) is 6.09. The molecule has 7 nitrogen and oxygen atoms in total. The van der Waals surface area contributed by atoms with Gasteiger partial charge in [0.2, 0.25) is 5.91 Å². The fraction of sp³-hybridized carbons (Fsp3) is 0.769. The number of carbonyl (C=O) groups is 3. The summed E-state index contributed by atoms with van der Waals surface area (Å²) in [4.78, 5) is 37.3. The zero-order valence-corrected chi connectivity index (χ0v) is 12.5. The molecule has 0 bridgehead atoms. The highest BCUT2D eigenvalue weighted by atomic mass is 16.4. The first-order valence-corrected chi connectivity index (χ1v) is 6.65. The SMILES string of the molecule is CN(CCC(=O)O)C(=O)NC1CC(=O)N(C(C)(C)C)C1. The fourth-order valence-corrected chi connectivity index (χ4v) is 2.10. The fourth-order valence-electron chi connectivity index (χ4n) is 2.10. The van der Waals surface area contributed by atoms with Gasteiger partial charge in [0.05, 0.1) is 12.5 Å². The van der Waals surface area contributed by atoms with E-state index in [1.54, 1.807) is 4.90 Å². The van der Waals surface area contributed by atoms with Crippen molar-refractivity contribution in [3.8, 4) is 0 Å². The van der Waals surface area contributed by atoms with Gasteiger partial charge in [0, 0.05) is 32.1 Å². The quantitative estimate of drug-likeness (QED) is 0.787. The summed E-state index contributed by atoms with van der Waals surface area (Å²) < 4.78 is 0. The molecule has 1 unspecified atom stereocenters. The number of hydrogen-bond donors (Lipinski definition) is 2. The number of carboxylic acid groups (broad SMARTS) is 1. The maximum absolute atomic E-state index is 11.9. The summed E-state index contributed by atoms with van der Waals surface area (Å²) in [5.41, 5.74) is -0.258. The molecule has 1 saturated heterocycles. The summed E-state index contributed by atoms with van der Waals surface area (Å²) in [6.07, 6.45) is 0.192. The molecule has 1 aliphatic heterocycles. The Balaban J connectivity index is 2.48. The lowest BCUT2D eigenvalue weighted by Gasteiger charge is -2.32. The molecule has 0 aromatic carbocycles. The largest absolute Gasteiger partial charge is 0.481 e. The van der Waals surface area contributed by atoms with Crippen LogP contribution in [0.1, 0.15) is 33.6 Å². The molecule has 0 spiro atoms. The summed E-state index contributed by atoms with van der Waals surface area (Å²) in [5.74, 6) is -0.921. The van der Waals surface area contributed by atoms with Gasteiger partial charge in [-0.1, -0.05) is 0 Å². The number of rotatable bonds is 4. The molecule has 0 aliphatic carbocycles. The van der Waals surface area contributed by atoms with Crippen molar-refractivity contribution in [2.45, 2.75) is 45.2 Å². The average Bonchev–Trinajstić information content (AvgIpc) is 2.66. The van der Waals surface area contributed by atoms with E-state index < -0.39 is 5.97 Å². The topological polar surface area (TPSA) is 90.0 Å². The molecular formula is C13H23N3O4. The van der Waals surface area contributed by atoms with Crippen molar-refractivity contribution in [1.82, 2.24) is 15.1 Å². The van der Waals surface area contributed by atoms with Gasteiger partial charge in [-0.2, -0.15) is 0 Å². The van der Waals surface area contributed by atoms with Crippen LogP contribution in [-0.4, -0.2) is 64.5 Å². The van der Waals surface area contributed by atoms with Gasteiger partial charge < -0.3 is 20.2 Å². The second-order valence-corrected chi connectivity index (χ2v) is 6.09. The van der Waals surface area contributed by atoms with Gasteiger partial charge >= 0.3 is 12.0 Å². The lowest BCUT2D eigenvalue weighted by Crippen LogP contribution is -2.47. The van der Waals surface area contributed by atoms with E-state index in [0.717, 1.165) is 0 Å². The Morgan fingerprint density at radius 2 is 2.05 bits per heavy atom. The van der Waals surface area contributed by atoms with Crippen LogP contribution >= 0.6 is 0 Å². The molecule has 0 aromatic rings. The van der Waals surface area contributed by atoms with Crippen molar-refractivity contribution in [3.63, 3.8) is 0 Å². The minimum atomic E-state index is -0.945. The Labute approximate surface area is 118 Å². The molecule has 1 rings (SSSR count). The zero-order valence-electron chi connectivity index (χ0n) is 12.5.